The fourth-order valence-corrected chi connectivity index (χ4v) is 16.7. The van der Waals surface area contributed by atoms with Gasteiger partial charge in [-0.1, -0.05) is 76.7 Å². The highest BCUT2D eigenvalue weighted by Crippen LogP contribution is 2.60. The van der Waals surface area contributed by atoms with Crippen molar-refractivity contribution in [1.82, 2.24) is 19.8 Å². The molecule has 7 heterocycles. The van der Waals surface area contributed by atoms with Crippen molar-refractivity contribution in [2.75, 3.05) is 40.5 Å². The molecule has 2 unspecified atom stereocenters. The number of benzene rings is 2. The minimum absolute atomic E-state index is 0.00162. The number of Topliss-reactive ketones (excluding diaryl/α,β-unsaturated/α-hetero) is 2. The summed E-state index contributed by atoms with van der Waals surface area (Å²) in [5, 5.41) is 2.08. The Morgan fingerprint density at radius 2 is 1.35 bits per heavy atom. The Labute approximate surface area is 555 Å². The molecule has 2 spiro atoms. The zero-order valence-electron chi connectivity index (χ0n) is 56.7. The molecule has 0 N–H and O–H groups in total. The van der Waals surface area contributed by atoms with Crippen LogP contribution in [0.2, 0.25) is 0 Å². The third-order valence-electron chi connectivity index (χ3n) is 23.1. The van der Waals surface area contributed by atoms with Gasteiger partial charge in [0.15, 0.2) is 11.6 Å². The quantitative estimate of drug-likeness (QED) is 0.0489. The molecule has 6 fully saturated rings. The number of esters is 2. The maximum absolute atomic E-state index is 14.4. The van der Waals surface area contributed by atoms with Gasteiger partial charge in [-0.2, -0.15) is 0 Å². The zero-order valence-corrected chi connectivity index (χ0v) is 56.7. The lowest BCUT2D eigenvalue weighted by Crippen LogP contribution is -2.46. The molecule has 13 rings (SSSR count). The number of methoxy groups -OCH3 is 2. The van der Waals surface area contributed by atoms with Gasteiger partial charge in [0.2, 0.25) is 11.8 Å². The van der Waals surface area contributed by atoms with E-state index in [4.69, 9.17) is 38.4 Å². The Hall–Kier alpha value is -7.10. The van der Waals surface area contributed by atoms with Crippen LogP contribution >= 0.6 is 0 Å². The standard InChI is InChI=1S/C40H52N2O6.C38H48N2O6/c1-6-9-10-11-12-14-26(4)37(44)42-25-39(23-33(42)34(43)24-40(22-28(40)7-2)38(45)47-8-3)20-19-30-31-21-29(46-5)17-18-32(31)41-35(36(30)48-39)27-15-13-16-27;1-4-45-36(43)38-20-26(38)14-9-7-5-6-8-11-24(2)35(42)40-23-37(21-31(40)32(41)22-38)18-17-28-29-19-27(44-3)15-16-30(29)39-33(34(28)46-37)25-12-10-13-25/h6-7,17-18,21,26-28,33H,1-2,8-16,19-20,22-25H2,3-5H3;9,14-16,19,24-26,31H,4-8,10-13,17-18,20-23H2,1-3H3/b;14-9-/t26-,28+,33-,39+,40?;24-,26+,31-,37+,38?/m00/s1. The average molecular weight is 1290 g/mol. The molecule has 2 amide bonds. The number of carbonyl (C=O) groups excluding carboxylic acids is 6. The summed E-state index contributed by atoms with van der Waals surface area (Å²) in [4.78, 5) is 97.5. The molecule has 10 atom stereocenters. The molecule has 4 aliphatic carbocycles. The molecular weight excluding hydrogens is 1180 g/mol. The van der Waals surface area contributed by atoms with Crippen molar-refractivity contribution in [3.05, 3.63) is 96.4 Å². The van der Waals surface area contributed by atoms with Gasteiger partial charge in [-0.15, -0.1) is 13.2 Å². The first kappa shape index (κ1) is 66.9. The van der Waals surface area contributed by atoms with Crippen LogP contribution in [-0.4, -0.2) is 119 Å². The van der Waals surface area contributed by atoms with Crippen LogP contribution in [0.5, 0.6) is 23.0 Å². The molecule has 94 heavy (non-hydrogen) atoms. The molecule has 504 valence electrons. The van der Waals surface area contributed by atoms with Gasteiger partial charge in [-0.05, 0) is 165 Å². The molecule has 2 aromatic heterocycles. The molecule has 4 saturated carbocycles. The van der Waals surface area contributed by atoms with Crippen LogP contribution in [0, 0.1) is 34.5 Å². The van der Waals surface area contributed by atoms with Crippen molar-refractivity contribution in [2.45, 2.75) is 230 Å². The summed E-state index contributed by atoms with van der Waals surface area (Å²) in [6.45, 7) is 16.6. The van der Waals surface area contributed by atoms with Crippen LogP contribution in [-0.2, 0) is 51.1 Å². The number of amides is 2. The monoisotopic (exact) mass is 1280 g/mol. The number of nitrogens with zero attached hydrogens (tertiary/aromatic N) is 4. The predicted octanol–water partition coefficient (Wildman–Crippen LogP) is 14.5. The lowest BCUT2D eigenvalue weighted by molar-refractivity contribution is -0.153. The molecule has 9 aliphatic rings. The van der Waals surface area contributed by atoms with Crippen LogP contribution in [0.1, 0.15) is 216 Å². The fourth-order valence-electron chi connectivity index (χ4n) is 16.7. The van der Waals surface area contributed by atoms with E-state index in [9.17, 15) is 28.8 Å². The summed E-state index contributed by atoms with van der Waals surface area (Å²) in [6.07, 6.45) is 29.3. The second-order valence-corrected chi connectivity index (χ2v) is 29.3. The minimum atomic E-state index is -0.893. The number of pyridine rings is 2. The number of hydrogen-bond acceptors (Lipinski definition) is 14. The number of hydrogen-bond donors (Lipinski definition) is 0. The first-order chi connectivity index (χ1) is 45.5. The van der Waals surface area contributed by atoms with Gasteiger partial charge in [0, 0.05) is 71.3 Å². The third kappa shape index (κ3) is 13.1. The molecule has 5 aliphatic heterocycles. The average Bonchev–Trinajstić information content (AvgIpc) is 1.13. The van der Waals surface area contributed by atoms with E-state index in [1.54, 1.807) is 32.1 Å². The summed E-state index contributed by atoms with van der Waals surface area (Å²) in [6, 6.07) is 10.8. The smallest absolute Gasteiger partial charge is 0.313 e. The normalized spacial score (nSPS) is 29.4. The van der Waals surface area contributed by atoms with Crippen molar-refractivity contribution in [1.29, 1.82) is 0 Å². The summed E-state index contributed by atoms with van der Waals surface area (Å²) < 4.78 is 36.3. The van der Waals surface area contributed by atoms with Gasteiger partial charge in [0.05, 0.1) is 85.9 Å². The number of aryl methyl sites for hydroxylation is 2. The molecule has 2 saturated heterocycles. The largest absolute Gasteiger partial charge is 0.497 e. The third-order valence-corrected chi connectivity index (χ3v) is 23.1. The highest BCUT2D eigenvalue weighted by Gasteiger charge is 2.64. The van der Waals surface area contributed by atoms with Crippen molar-refractivity contribution in [2.24, 2.45) is 34.5 Å². The van der Waals surface area contributed by atoms with Crippen LogP contribution in [0.25, 0.3) is 21.8 Å². The zero-order chi connectivity index (χ0) is 66.1. The highest BCUT2D eigenvalue weighted by atomic mass is 16.5. The van der Waals surface area contributed by atoms with Crippen molar-refractivity contribution in [3.63, 3.8) is 0 Å². The van der Waals surface area contributed by atoms with Gasteiger partial charge in [0.25, 0.3) is 0 Å². The highest BCUT2D eigenvalue weighted by molar-refractivity contribution is 5.97. The van der Waals surface area contributed by atoms with Crippen molar-refractivity contribution < 1.29 is 57.2 Å². The van der Waals surface area contributed by atoms with Crippen LogP contribution in [0.3, 0.4) is 0 Å². The second-order valence-electron chi connectivity index (χ2n) is 29.3. The fraction of sp³-hybridized carbons (Fsp3) is 0.615. The number of aromatic nitrogens is 2. The summed E-state index contributed by atoms with van der Waals surface area (Å²) in [5.74, 6) is 2.67. The number of allylic oxidation sites excluding steroid dienone is 4. The summed E-state index contributed by atoms with van der Waals surface area (Å²) in [7, 11) is 3.35. The molecule has 0 bridgehead atoms. The molecule has 16 heteroatoms. The summed E-state index contributed by atoms with van der Waals surface area (Å²) >= 11 is 0. The Bertz CT molecular complexity index is 3610. The van der Waals surface area contributed by atoms with Crippen molar-refractivity contribution in [3.8, 4) is 23.0 Å². The van der Waals surface area contributed by atoms with Gasteiger partial charge >= 0.3 is 11.9 Å². The van der Waals surface area contributed by atoms with Crippen LogP contribution in [0.15, 0.2) is 73.9 Å². The van der Waals surface area contributed by atoms with Crippen molar-refractivity contribution >= 4 is 57.1 Å². The minimum Gasteiger partial charge on any atom is -0.497 e. The number of rotatable bonds is 19. The Morgan fingerprint density at radius 1 is 0.734 bits per heavy atom. The van der Waals surface area contributed by atoms with Crippen LogP contribution < -0.4 is 18.9 Å². The molecule has 16 nitrogen and oxygen atoms in total. The van der Waals surface area contributed by atoms with E-state index in [0.717, 1.165) is 170 Å². The topological polar surface area (TPSA) is 190 Å². The Balaban J connectivity index is 0.000000181. The number of carbonyl (C=O) groups is 6. The number of likely N-dealkylation sites (tertiary alicyclic amines) is 1. The van der Waals surface area contributed by atoms with E-state index in [0.29, 0.717) is 63.5 Å². The first-order valence-electron chi connectivity index (χ1n) is 35.8. The van der Waals surface area contributed by atoms with E-state index in [-0.39, 0.29) is 85.0 Å². The van der Waals surface area contributed by atoms with E-state index in [1.165, 1.54) is 12.8 Å². The van der Waals surface area contributed by atoms with E-state index >= 15 is 0 Å². The van der Waals surface area contributed by atoms with Gasteiger partial charge in [-0.3, -0.25) is 28.8 Å². The Kier molecular flexibility index (Phi) is 19.9. The number of ether oxygens (including phenoxy) is 6. The number of fused-ring (bicyclic) bond motifs is 8. The Morgan fingerprint density at radius 3 is 1.91 bits per heavy atom. The summed E-state index contributed by atoms with van der Waals surface area (Å²) in [5.41, 5.74) is 3.09. The predicted molar refractivity (Wildman–Crippen MR) is 361 cm³/mol. The molecule has 4 aromatic rings. The lowest BCUT2D eigenvalue weighted by Gasteiger charge is -2.39. The number of ketones is 2. The molecule has 0 radical (unpaired) electrons. The second kappa shape index (κ2) is 27.9. The van der Waals surface area contributed by atoms with Crippen LogP contribution in [0.4, 0.5) is 0 Å². The lowest BCUT2D eigenvalue weighted by atomic mass is 9.79. The SMILES string of the molecule is C=CCCCCC[C@H](C)C(=O)N1C[C@@]2(CCc3c(c(C4CCC4)nc4ccc(OC)cc34)O2)C[C@H]1C(=O)CC1(C(=O)OCC)C[C@H]1C=C.CCOC(=O)C12CC(=O)[C@@H]3C[C@]4(CCc5c(c(C6CCC6)nc6ccc(OC)cc56)O4)CN3C(=O)[C@@H](C)CCCCC/C=C\[C@@H]1C2. The van der Waals surface area contributed by atoms with Gasteiger partial charge in [-0.25, -0.2) is 9.97 Å². The number of unbranched alkanes of at least 4 members (excludes halogenated alkanes) is 3. The van der Waals surface area contributed by atoms with Gasteiger partial charge in [0.1, 0.15) is 34.2 Å². The van der Waals surface area contributed by atoms with Gasteiger partial charge < -0.3 is 38.2 Å². The first-order valence-corrected chi connectivity index (χ1v) is 35.8. The van der Waals surface area contributed by atoms with E-state index in [2.05, 4.69) is 31.4 Å². The van der Waals surface area contributed by atoms with E-state index in [1.807, 2.05) is 62.1 Å². The maximum atomic E-state index is 14.4. The molecular formula is C78H100N4O12. The molecule has 2 aromatic carbocycles. The maximum Gasteiger partial charge on any atom is 0.313 e. The van der Waals surface area contributed by atoms with E-state index < -0.39 is 34.1 Å².